The van der Waals surface area contributed by atoms with Crippen molar-refractivity contribution in [3.05, 3.63) is 24.3 Å². The maximum absolute atomic E-state index is 12.5. The van der Waals surface area contributed by atoms with Gasteiger partial charge in [0.15, 0.2) is 0 Å². The second kappa shape index (κ2) is 9.12. The number of nitrogens with one attached hydrogen (secondary N) is 2. The molecule has 0 saturated carbocycles. The van der Waals surface area contributed by atoms with E-state index in [4.69, 9.17) is 4.74 Å². The van der Waals surface area contributed by atoms with Crippen molar-refractivity contribution >= 4 is 21.6 Å². The third-order valence-electron chi connectivity index (χ3n) is 3.74. The van der Waals surface area contributed by atoms with E-state index in [0.29, 0.717) is 32.0 Å². The molecule has 1 aromatic carbocycles. The molecule has 0 radical (unpaired) electrons. The fourth-order valence-corrected chi connectivity index (χ4v) is 3.76. The molecule has 2 N–H and O–H groups in total. The summed E-state index contributed by atoms with van der Waals surface area (Å²) >= 11 is 0. The number of hydrogen-bond acceptors (Lipinski definition) is 5. The monoisotopic (exact) mass is 355 g/mol. The molecule has 7 nitrogen and oxygen atoms in total. The second-order valence-electron chi connectivity index (χ2n) is 5.62. The highest BCUT2D eigenvalue weighted by atomic mass is 32.2. The van der Waals surface area contributed by atoms with Crippen LogP contribution in [0.5, 0.6) is 0 Å². The number of sulfonamides is 1. The summed E-state index contributed by atoms with van der Waals surface area (Å²) in [4.78, 5) is 12.0. The molecule has 1 heterocycles. The van der Waals surface area contributed by atoms with Gasteiger partial charge in [-0.15, -0.1) is 0 Å². The molecular weight excluding hydrogens is 330 g/mol. The number of amides is 1. The van der Waals surface area contributed by atoms with Crippen molar-refractivity contribution in [2.24, 2.45) is 0 Å². The van der Waals surface area contributed by atoms with Crippen molar-refractivity contribution in [1.82, 2.24) is 9.62 Å². The number of ether oxygens (including phenoxy) is 1. The predicted molar refractivity (Wildman–Crippen MR) is 92.4 cm³/mol. The summed E-state index contributed by atoms with van der Waals surface area (Å²) in [6.45, 7) is 4.70. The Morgan fingerprint density at radius 2 is 1.88 bits per heavy atom. The molecule has 1 aliphatic heterocycles. The first-order valence-corrected chi connectivity index (χ1v) is 9.66. The van der Waals surface area contributed by atoms with E-state index in [1.54, 1.807) is 12.1 Å². The van der Waals surface area contributed by atoms with Gasteiger partial charge in [-0.05, 0) is 37.2 Å². The Morgan fingerprint density at radius 3 is 2.50 bits per heavy atom. The molecule has 1 aromatic rings. The first-order chi connectivity index (χ1) is 11.5. The number of anilines is 1. The molecule has 0 aliphatic carbocycles. The van der Waals surface area contributed by atoms with Crippen LogP contribution in [0.3, 0.4) is 0 Å². The van der Waals surface area contributed by atoms with Gasteiger partial charge in [-0.2, -0.15) is 4.31 Å². The van der Waals surface area contributed by atoms with Crippen molar-refractivity contribution in [3.8, 4) is 0 Å². The number of nitrogens with zero attached hydrogens (tertiary/aromatic N) is 1. The minimum atomic E-state index is -3.50. The lowest BCUT2D eigenvalue weighted by Gasteiger charge is -2.26. The van der Waals surface area contributed by atoms with E-state index >= 15 is 0 Å². The normalized spacial score (nSPS) is 16.0. The zero-order valence-electron chi connectivity index (χ0n) is 14.0. The molecule has 24 heavy (non-hydrogen) atoms. The lowest BCUT2D eigenvalue weighted by molar-refractivity contribution is -0.115. The van der Waals surface area contributed by atoms with Gasteiger partial charge in [0.25, 0.3) is 0 Å². The molecule has 2 rings (SSSR count). The molecule has 134 valence electrons. The van der Waals surface area contributed by atoms with E-state index in [1.165, 1.54) is 16.4 Å². The Balaban J connectivity index is 1.91. The summed E-state index contributed by atoms with van der Waals surface area (Å²) in [6, 6.07) is 6.25. The van der Waals surface area contributed by atoms with Gasteiger partial charge in [0.05, 0.1) is 24.7 Å². The fourth-order valence-electron chi connectivity index (χ4n) is 2.36. The minimum Gasteiger partial charge on any atom is -0.379 e. The average molecular weight is 355 g/mol. The van der Waals surface area contributed by atoms with Crippen LogP contribution in [0.1, 0.15) is 19.8 Å². The summed E-state index contributed by atoms with van der Waals surface area (Å²) in [5, 5.41) is 5.81. The van der Waals surface area contributed by atoms with Crippen LogP contribution in [0.2, 0.25) is 0 Å². The van der Waals surface area contributed by atoms with Gasteiger partial charge in [0, 0.05) is 18.8 Å². The Kier molecular flexibility index (Phi) is 7.16. The Hall–Kier alpha value is -1.48. The third-order valence-corrected chi connectivity index (χ3v) is 5.65. The topological polar surface area (TPSA) is 87.7 Å². The molecular formula is C16H25N3O4S. The van der Waals surface area contributed by atoms with Crippen molar-refractivity contribution in [1.29, 1.82) is 0 Å². The molecule has 0 aromatic heterocycles. The highest BCUT2D eigenvalue weighted by Crippen LogP contribution is 2.19. The summed E-state index contributed by atoms with van der Waals surface area (Å²) < 4.78 is 31.6. The number of morpholine rings is 1. The molecule has 8 heteroatoms. The van der Waals surface area contributed by atoms with Crippen molar-refractivity contribution in [2.75, 3.05) is 44.7 Å². The Labute approximate surface area is 143 Å². The van der Waals surface area contributed by atoms with Crippen LogP contribution in [0.15, 0.2) is 29.2 Å². The van der Waals surface area contributed by atoms with Crippen LogP contribution in [0.25, 0.3) is 0 Å². The van der Waals surface area contributed by atoms with E-state index in [9.17, 15) is 13.2 Å². The first-order valence-electron chi connectivity index (χ1n) is 8.22. The average Bonchev–Trinajstić information content (AvgIpc) is 2.60. The van der Waals surface area contributed by atoms with Crippen molar-refractivity contribution < 1.29 is 17.9 Å². The largest absolute Gasteiger partial charge is 0.379 e. The van der Waals surface area contributed by atoms with Crippen molar-refractivity contribution in [2.45, 2.75) is 24.7 Å². The molecule has 1 amide bonds. The molecule has 0 bridgehead atoms. The number of carbonyl (C=O) groups is 1. The highest BCUT2D eigenvalue weighted by molar-refractivity contribution is 7.89. The second-order valence-corrected chi connectivity index (χ2v) is 7.56. The van der Waals surface area contributed by atoms with Crippen molar-refractivity contribution in [3.63, 3.8) is 0 Å². The van der Waals surface area contributed by atoms with Crippen LogP contribution in [0.4, 0.5) is 5.69 Å². The minimum absolute atomic E-state index is 0.144. The van der Waals surface area contributed by atoms with Gasteiger partial charge in [-0.25, -0.2) is 8.42 Å². The molecule has 0 unspecified atom stereocenters. The van der Waals surface area contributed by atoms with Crippen LogP contribution in [0, 0.1) is 0 Å². The summed E-state index contributed by atoms with van der Waals surface area (Å²) in [5.41, 5.74) is 0.582. The Morgan fingerprint density at radius 1 is 1.21 bits per heavy atom. The summed E-state index contributed by atoms with van der Waals surface area (Å²) in [7, 11) is -3.50. The van der Waals surface area contributed by atoms with Gasteiger partial charge >= 0.3 is 0 Å². The number of benzene rings is 1. The standard InChI is InChI=1S/C16H25N3O4S/c1-2-3-8-17-13-16(20)18-14-4-6-15(7-5-14)24(21,22)19-9-11-23-12-10-19/h4-7,17H,2-3,8-13H2,1H3,(H,18,20). The lowest BCUT2D eigenvalue weighted by atomic mass is 10.3. The SMILES string of the molecule is CCCCNCC(=O)Nc1ccc(S(=O)(=O)N2CCOCC2)cc1. The third kappa shape index (κ3) is 5.27. The number of hydrogen-bond donors (Lipinski definition) is 2. The van der Waals surface area contributed by atoms with Gasteiger partial charge in [-0.1, -0.05) is 13.3 Å². The van der Waals surface area contributed by atoms with Gasteiger partial charge in [0.1, 0.15) is 0 Å². The van der Waals surface area contributed by atoms with E-state index in [2.05, 4.69) is 17.6 Å². The zero-order valence-corrected chi connectivity index (χ0v) is 14.8. The Bertz CT molecular complexity index is 625. The number of unbranched alkanes of at least 4 members (excludes halogenated alkanes) is 1. The zero-order chi connectivity index (χ0) is 17.4. The summed E-state index contributed by atoms with van der Waals surface area (Å²) in [6.07, 6.45) is 2.11. The molecule has 1 aliphatic rings. The van der Waals surface area contributed by atoms with E-state index in [1.807, 2.05) is 0 Å². The van der Waals surface area contributed by atoms with Gasteiger partial charge in [-0.3, -0.25) is 4.79 Å². The van der Waals surface area contributed by atoms with Gasteiger partial charge < -0.3 is 15.4 Å². The number of rotatable bonds is 8. The van der Waals surface area contributed by atoms with E-state index in [0.717, 1.165) is 19.4 Å². The molecule has 1 saturated heterocycles. The van der Waals surface area contributed by atoms with E-state index < -0.39 is 10.0 Å². The quantitative estimate of drug-likeness (QED) is 0.680. The maximum atomic E-state index is 12.5. The summed E-state index contributed by atoms with van der Waals surface area (Å²) in [5.74, 6) is -0.144. The van der Waals surface area contributed by atoms with Crippen LogP contribution < -0.4 is 10.6 Å². The van der Waals surface area contributed by atoms with E-state index in [-0.39, 0.29) is 17.3 Å². The molecule has 0 atom stereocenters. The van der Waals surface area contributed by atoms with Crippen LogP contribution in [-0.2, 0) is 19.6 Å². The van der Waals surface area contributed by atoms with Gasteiger partial charge in [0.2, 0.25) is 15.9 Å². The van der Waals surface area contributed by atoms with Crippen LogP contribution >= 0.6 is 0 Å². The fraction of sp³-hybridized carbons (Fsp3) is 0.562. The predicted octanol–water partition coefficient (Wildman–Crippen LogP) is 1.04. The lowest BCUT2D eigenvalue weighted by Crippen LogP contribution is -2.40. The molecule has 1 fully saturated rings. The maximum Gasteiger partial charge on any atom is 0.243 e. The molecule has 0 spiro atoms. The van der Waals surface area contributed by atoms with Crippen LogP contribution in [-0.4, -0.2) is 58.0 Å². The first kappa shape index (κ1) is 18.9. The smallest absolute Gasteiger partial charge is 0.243 e. The highest BCUT2D eigenvalue weighted by Gasteiger charge is 2.26. The number of carbonyl (C=O) groups excluding carboxylic acids is 1.